The lowest BCUT2D eigenvalue weighted by Gasteiger charge is -2.16. The molecule has 2 aromatic heterocycles. The van der Waals surface area contributed by atoms with E-state index in [1.54, 1.807) is 4.57 Å². The summed E-state index contributed by atoms with van der Waals surface area (Å²) in [6, 6.07) is 21.4. The van der Waals surface area contributed by atoms with Crippen LogP contribution in [0.1, 0.15) is 64.8 Å². The van der Waals surface area contributed by atoms with Gasteiger partial charge < -0.3 is 0 Å². The fourth-order valence-corrected chi connectivity index (χ4v) is 5.63. The van der Waals surface area contributed by atoms with Crippen LogP contribution in [0, 0.1) is 6.92 Å². The van der Waals surface area contributed by atoms with E-state index in [9.17, 15) is 14.4 Å². The molecule has 1 N–H and O–H groups in total. The number of carbonyl (C=O) groups excluding carboxylic acids is 1. The molecule has 3 aromatic carbocycles. The van der Waals surface area contributed by atoms with Crippen LogP contribution in [0.4, 0.5) is 0 Å². The van der Waals surface area contributed by atoms with Crippen molar-refractivity contribution in [3.63, 3.8) is 0 Å². The number of rotatable bonds is 8. The maximum Gasteiger partial charge on any atom is 0.439 e. The summed E-state index contributed by atoms with van der Waals surface area (Å²) in [5.41, 5.74) is 7.55. The molecule has 1 aliphatic carbocycles. The lowest BCUT2D eigenvalue weighted by molar-refractivity contribution is 0.0994. The molecule has 0 aliphatic heterocycles. The van der Waals surface area contributed by atoms with Gasteiger partial charge in [0.2, 0.25) is 0 Å². The molecule has 0 saturated carbocycles. The number of unbranched alkanes of at least 4 members (excludes halogenated alkanes) is 1. The van der Waals surface area contributed by atoms with Crippen LogP contribution in [0.15, 0.2) is 80.8 Å². The van der Waals surface area contributed by atoms with Crippen LogP contribution in [0.2, 0.25) is 0 Å². The highest BCUT2D eigenvalue weighted by molar-refractivity contribution is 6.00. The highest BCUT2D eigenvalue weighted by atomic mass is 16.5. The number of aromatic amines is 1. The Labute approximate surface area is 236 Å². The molecule has 2 heterocycles. The number of aryl methyl sites for hydroxylation is 3. The number of benzene rings is 3. The second kappa shape index (κ2) is 11.0. The van der Waals surface area contributed by atoms with Crippen molar-refractivity contribution in [2.45, 2.75) is 52.4 Å². The highest BCUT2D eigenvalue weighted by Gasteiger charge is 2.22. The molecular formula is C33H30N4O4. The number of nitrogens with one attached hydrogen (secondary N) is 1. The first-order valence-corrected chi connectivity index (χ1v) is 14.0. The summed E-state index contributed by atoms with van der Waals surface area (Å²) in [4.78, 5) is 45.3. The van der Waals surface area contributed by atoms with E-state index >= 15 is 0 Å². The maximum atomic E-state index is 14.0. The summed E-state index contributed by atoms with van der Waals surface area (Å²) < 4.78 is 6.39. The lowest BCUT2D eigenvalue weighted by Crippen LogP contribution is -2.28. The number of nitrogens with zero attached hydrogens (tertiary/aromatic N) is 3. The van der Waals surface area contributed by atoms with Gasteiger partial charge in [-0.2, -0.15) is 0 Å². The zero-order chi connectivity index (χ0) is 28.5. The van der Waals surface area contributed by atoms with Crippen LogP contribution in [0.3, 0.4) is 0 Å². The molecule has 0 saturated heterocycles. The second-order valence-electron chi connectivity index (χ2n) is 10.5. The number of ketones is 1. The molecule has 8 nitrogen and oxygen atoms in total. The SMILES string of the molecule is CCCCc1nc(C)n(-c2ccc3c(c2)CCC3=O)c(=O)c1Cc1ccc(-c2ccccc2-c2noc(=O)[nH]2)cc1. The van der Waals surface area contributed by atoms with E-state index in [0.717, 1.165) is 64.0 Å². The fraction of sp³-hybridized carbons (Fsp3) is 0.242. The van der Waals surface area contributed by atoms with E-state index in [1.165, 1.54) is 0 Å². The van der Waals surface area contributed by atoms with E-state index < -0.39 is 5.76 Å². The molecule has 0 atom stereocenters. The second-order valence-corrected chi connectivity index (χ2v) is 10.5. The van der Waals surface area contributed by atoms with Crippen molar-refractivity contribution in [3.05, 3.63) is 121 Å². The Morgan fingerprint density at radius 1 is 0.927 bits per heavy atom. The van der Waals surface area contributed by atoms with E-state index in [-0.39, 0.29) is 11.3 Å². The van der Waals surface area contributed by atoms with Gasteiger partial charge in [0.25, 0.3) is 5.56 Å². The third-order valence-corrected chi connectivity index (χ3v) is 7.73. The average molecular weight is 547 g/mol. The molecule has 8 heteroatoms. The first kappa shape index (κ1) is 26.4. The quantitative estimate of drug-likeness (QED) is 0.271. The number of H-pyrrole nitrogens is 1. The normalized spacial score (nSPS) is 12.6. The number of hydrogen-bond acceptors (Lipinski definition) is 6. The predicted molar refractivity (Wildman–Crippen MR) is 157 cm³/mol. The van der Waals surface area contributed by atoms with E-state index in [1.807, 2.05) is 73.7 Å². The minimum atomic E-state index is -0.602. The monoisotopic (exact) mass is 546 g/mol. The van der Waals surface area contributed by atoms with Crippen LogP contribution >= 0.6 is 0 Å². The lowest BCUT2D eigenvalue weighted by atomic mass is 9.96. The molecule has 0 amide bonds. The van der Waals surface area contributed by atoms with E-state index in [0.29, 0.717) is 36.5 Å². The number of Topliss-reactive ketones (excluding diaryl/α,β-unsaturated/α-hetero) is 1. The molecular weight excluding hydrogens is 516 g/mol. The van der Waals surface area contributed by atoms with Gasteiger partial charge in [-0.25, -0.2) is 9.78 Å². The average Bonchev–Trinajstić information content (AvgIpc) is 3.59. The minimum Gasteiger partial charge on any atom is -0.296 e. The largest absolute Gasteiger partial charge is 0.439 e. The zero-order valence-electron chi connectivity index (χ0n) is 23.1. The Morgan fingerprint density at radius 2 is 1.71 bits per heavy atom. The van der Waals surface area contributed by atoms with Crippen molar-refractivity contribution in [1.82, 2.24) is 19.7 Å². The van der Waals surface area contributed by atoms with Crippen molar-refractivity contribution in [1.29, 1.82) is 0 Å². The molecule has 1 aliphatic rings. The Kier molecular flexibility index (Phi) is 7.05. The first-order chi connectivity index (χ1) is 19.9. The van der Waals surface area contributed by atoms with Gasteiger partial charge in [0.15, 0.2) is 11.6 Å². The zero-order valence-corrected chi connectivity index (χ0v) is 23.1. The summed E-state index contributed by atoms with van der Waals surface area (Å²) in [6.45, 7) is 4.00. The maximum absolute atomic E-state index is 14.0. The van der Waals surface area contributed by atoms with Gasteiger partial charge in [0, 0.05) is 29.5 Å². The fourth-order valence-electron chi connectivity index (χ4n) is 5.63. The summed E-state index contributed by atoms with van der Waals surface area (Å²) >= 11 is 0. The third kappa shape index (κ3) is 5.09. The molecule has 41 heavy (non-hydrogen) atoms. The number of aromatic nitrogens is 4. The van der Waals surface area contributed by atoms with Crippen LogP contribution < -0.4 is 11.3 Å². The topological polar surface area (TPSA) is 111 Å². The van der Waals surface area contributed by atoms with Gasteiger partial charge in [-0.1, -0.05) is 67.0 Å². The smallest absolute Gasteiger partial charge is 0.296 e. The Balaban J connectivity index is 1.37. The summed E-state index contributed by atoms with van der Waals surface area (Å²) in [5.74, 6) is 0.573. The highest BCUT2D eigenvalue weighted by Crippen LogP contribution is 2.30. The van der Waals surface area contributed by atoms with E-state index in [4.69, 9.17) is 9.51 Å². The van der Waals surface area contributed by atoms with Crippen molar-refractivity contribution < 1.29 is 9.32 Å². The van der Waals surface area contributed by atoms with Gasteiger partial charge in [-0.15, -0.1) is 0 Å². The summed E-state index contributed by atoms with van der Waals surface area (Å²) in [7, 11) is 0. The molecule has 0 fully saturated rings. The van der Waals surface area contributed by atoms with Gasteiger partial charge in [-0.3, -0.25) is 23.7 Å². The van der Waals surface area contributed by atoms with Crippen LogP contribution in [0.25, 0.3) is 28.2 Å². The number of hydrogen-bond donors (Lipinski definition) is 1. The molecule has 5 aromatic rings. The van der Waals surface area contributed by atoms with Crippen molar-refractivity contribution >= 4 is 5.78 Å². The van der Waals surface area contributed by atoms with Crippen LogP contribution in [-0.4, -0.2) is 25.5 Å². The van der Waals surface area contributed by atoms with Crippen molar-refractivity contribution in [2.75, 3.05) is 0 Å². The van der Waals surface area contributed by atoms with Crippen molar-refractivity contribution in [3.8, 4) is 28.2 Å². The molecule has 0 spiro atoms. The van der Waals surface area contributed by atoms with Crippen LogP contribution in [0.5, 0.6) is 0 Å². The molecule has 0 radical (unpaired) electrons. The minimum absolute atomic E-state index is 0.0720. The van der Waals surface area contributed by atoms with E-state index in [2.05, 4.69) is 17.1 Å². The molecule has 206 valence electrons. The molecule has 0 unspecified atom stereocenters. The van der Waals surface area contributed by atoms with Crippen LogP contribution in [-0.2, 0) is 19.3 Å². The van der Waals surface area contributed by atoms with Crippen molar-refractivity contribution in [2.24, 2.45) is 0 Å². The third-order valence-electron chi connectivity index (χ3n) is 7.73. The summed E-state index contributed by atoms with van der Waals surface area (Å²) in [6.07, 6.45) is 4.36. The Hall–Kier alpha value is -4.85. The first-order valence-electron chi connectivity index (χ1n) is 14.0. The van der Waals surface area contributed by atoms with Gasteiger partial charge in [0.05, 0.1) is 11.4 Å². The Morgan fingerprint density at radius 3 is 2.44 bits per heavy atom. The standard InChI is InChI=1S/C33H30N4O4/c1-3-4-9-29-28(32(39)37(20(2)34-29)24-15-16-26-23(19-24)14-17-30(26)38)18-21-10-12-22(13-11-21)25-7-5-6-8-27(25)31-35-33(40)41-36-31/h5-8,10-13,15-16,19H,3-4,9,14,17-18H2,1-2H3,(H,35,36,40). The molecule has 6 rings (SSSR count). The number of carbonyl (C=O) groups is 1. The van der Waals surface area contributed by atoms with Gasteiger partial charge in [0.1, 0.15) is 5.82 Å². The summed E-state index contributed by atoms with van der Waals surface area (Å²) in [5, 5.41) is 3.85. The van der Waals surface area contributed by atoms with Gasteiger partial charge in [-0.05, 0) is 66.6 Å². The Bertz CT molecular complexity index is 1880. The number of fused-ring (bicyclic) bond motifs is 1. The molecule has 0 bridgehead atoms. The predicted octanol–water partition coefficient (Wildman–Crippen LogP) is 5.61. The van der Waals surface area contributed by atoms with Gasteiger partial charge >= 0.3 is 5.76 Å².